The SMILES string of the molecule is CCOc1cc(C(=O)OCC(=O)NCc2ccc(F)cc2F)cc(OCC)c1OCC. The highest BCUT2D eigenvalue weighted by atomic mass is 19.1. The van der Waals surface area contributed by atoms with Gasteiger partial charge in [0.15, 0.2) is 18.1 Å². The Labute approximate surface area is 179 Å². The quantitative estimate of drug-likeness (QED) is 0.541. The van der Waals surface area contributed by atoms with Crippen molar-refractivity contribution in [1.29, 1.82) is 0 Å². The van der Waals surface area contributed by atoms with Crippen LogP contribution < -0.4 is 19.5 Å². The molecule has 2 aromatic rings. The number of carbonyl (C=O) groups is 2. The van der Waals surface area contributed by atoms with Crippen LogP contribution in [0.1, 0.15) is 36.7 Å². The summed E-state index contributed by atoms with van der Waals surface area (Å²) in [6, 6.07) is 5.93. The highest BCUT2D eigenvalue weighted by molar-refractivity contribution is 5.92. The fraction of sp³-hybridized carbons (Fsp3) is 0.364. The molecule has 0 saturated heterocycles. The van der Waals surface area contributed by atoms with Gasteiger partial charge in [-0.15, -0.1) is 0 Å². The smallest absolute Gasteiger partial charge is 0.338 e. The van der Waals surface area contributed by atoms with Crippen LogP contribution in [0, 0.1) is 11.6 Å². The summed E-state index contributed by atoms with van der Waals surface area (Å²) < 4.78 is 48.2. The molecule has 31 heavy (non-hydrogen) atoms. The molecular weight excluding hydrogens is 412 g/mol. The summed E-state index contributed by atoms with van der Waals surface area (Å²) >= 11 is 0. The van der Waals surface area contributed by atoms with Crippen LogP contribution in [-0.4, -0.2) is 38.3 Å². The van der Waals surface area contributed by atoms with Crippen molar-refractivity contribution in [2.75, 3.05) is 26.4 Å². The minimum atomic E-state index is -0.779. The Morgan fingerprint density at radius 3 is 2.06 bits per heavy atom. The van der Waals surface area contributed by atoms with E-state index in [-0.39, 0.29) is 17.7 Å². The molecule has 0 unspecified atom stereocenters. The first-order chi connectivity index (χ1) is 14.9. The molecule has 7 nitrogen and oxygen atoms in total. The topological polar surface area (TPSA) is 83.1 Å². The van der Waals surface area contributed by atoms with E-state index in [2.05, 4.69) is 5.32 Å². The van der Waals surface area contributed by atoms with E-state index in [4.69, 9.17) is 18.9 Å². The van der Waals surface area contributed by atoms with E-state index in [0.29, 0.717) is 37.1 Å². The molecule has 0 atom stereocenters. The summed E-state index contributed by atoms with van der Waals surface area (Å²) in [5.74, 6) is -1.89. The average Bonchev–Trinajstić information content (AvgIpc) is 2.73. The van der Waals surface area contributed by atoms with Crippen LogP contribution in [0.25, 0.3) is 0 Å². The molecule has 0 aliphatic heterocycles. The normalized spacial score (nSPS) is 10.4. The van der Waals surface area contributed by atoms with Gasteiger partial charge < -0.3 is 24.3 Å². The van der Waals surface area contributed by atoms with Crippen LogP contribution in [0.15, 0.2) is 30.3 Å². The van der Waals surface area contributed by atoms with Crippen LogP contribution >= 0.6 is 0 Å². The maximum Gasteiger partial charge on any atom is 0.338 e. The maximum absolute atomic E-state index is 13.6. The Bertz CT molecular complexity index is 892. The lowest BCUT2D eigenvalue weighted by atomic mass is 10.2. The first-order valence-corrected chi connectivity index (χ1v) is 9.83. The Kier molecular flexibility index (Phi) is 9.05. The molecule has 1 amide bonds. The molecule has 168 valence electrons. The zero-order valence-electron chi connectivity index (χ0n) is 17.6. The molecule has 0 fully saturated rings. The predicted molar refractivity (Wildman–Crippen MR) is 108 cm³/mol. The first kappa shape index (κ1) is 23.9. The molecule has 0 aliphatic carbocycles. The molecule has 1 N–H and O–H groups in total. The fourth-order valence-electron chi connectivity index (χ4n) is 2.63. The lowest BCUT2D eigenvalue weighted by Gasteiger charge is -2.16. The van der Waals surface area contributed by atoms with Crippen LogP contribution in [0.5, 0.6) is 17.2 Å². The van der Waals surface area contributed by atoms with Crippen molar-refractivity contribution in [2.45, 2.75) is 27.3 Å². The Balaban J connectivity index is 2.04. The summed E-state index contributed by atoms with van der Waals surface area (Å²) in [5, 5.41) is 2.41. The van der Waals surface area contributed by atoms with Gasteiger partial charge in [-0.25, -0.2) is 13.6 Å². The lowest BCUT2D eigenvalue weighted by Crippen LogP contribution is -2.28. The van der Waals surface area contributed by atoms with Gasteiger partial charge in [-0.05, 0) is 39.0 Å². The number of benzene rings is 2. The van der Waals surface area contributed by atoms with E-state index in [1.54, 1.807) is 13.8 Å². The number of rotatable bonds is 11. The Hall–Kier alpha value is -3.36. The van der Waals surface area contributed by atoms with Crippen LogP contribution in [0.3, 0.4) is 0 Å². The second-order valence-corrected chi connectivity index (χ2v) is 6.19. The summed E-state index contributed by atoms with van der Waals surface area (Å²) in [6.07, 6.45) is 0. The second-order valence-electron chi connectivity index (χ2n) is 6.19. The van der Waals surface area contributed by atoms with Crippen molar-refractivity contribution in [2.24, 2.45) is 0 Å². The van der Waals surface area contributed by atoms with Gasteiger partial charge in [-0.1, -0.05) is 6.07 Å². The Morgan fingerprint density at radius 2 is 1.52 bits per heavy atom. The summed E-state index contributed by atoms with van der Waals surface area (Å²) in [5.41, 5.74) is 0.225. The fourth-order valence-corrected chi connectivity index (χ4v) is 2.63. The van der Waals surface area contributed by atoms with E-state index >= 15 is 0 Å². The molecule has 0 bridgehead atoms. The van der Waals surface area contributed by atoms with E-state index in [9.17, 15) is 18.4 Å². The number of hydrogen-bond donors (Lipinski definition) is 1. The van der Waals surface area contributed by atoms with Gasteiger partial charge in [0.1, 0.15) is 11.6 Å². The van der Waals surface area contributed by atoms with Crippen molar-refractivity contribution in [3.63, 3.8) is 0 Å². The van der Waals surface area contributed by atoms with Gasteiger partial charge in [0.05, 0.1) is 25.4 Å². The van der Waals surface area contributed by atoms with Crippen molar-refractivity contribution in [3.8, 4) is 17.2 Å². The van der Waals surface area contributed by atoms with E-state index in [0.717, 1.165) is 12.1 Å². The van der Waals surface area contributed by atoms with Gasteiger partial charge in [0, 0.05) is 18.2 Å². The number of hydrogen-bond acceptors (Lipinski definition) is 6. The highest BCUT2D eigenvalue weighted by Crippen LogP contribution is 2.39. The number of nitrogens with one attached hydrogen (secondary N) is 1. The molecule has 0 heterocycles. The van der Waals surface area contributed by atoms with Gasteiger partial charge in [0.2, 0.25) is 5.75 Å². The van der Waals surface area contributed by atoms with Crippen molar-refractivity contribution in [1.82, 2.24) is 5.32 Å². The average molecular weight is 437 g/mol. The van der Waals surface area contributed by atoms with Crippen LogP contribution in [-0.2, 0) is 16.1 Å². The van der Waals surface area contributed by atoms with Gasteiger partial charge in [-0.3, -0.25) is 4.79 Å². The summed E-state index contributed by atoms with van der Waals surface area (Å²) in [7, 11) is 0. The first-order valence-electron chi connectivity index (χ1n) is 9.83. The largest absolute Gasteiger partial charge is 0.490 e. The Morgan fingerprint density at radius 1 is 0.903 bits per heavy atom. The van der Waals surface area contributed by atoms with Crippen LogP contribution in [0.2, 0.25) is 0 Å². The zero-order chi connectivity index (χ0) is 22.8. The minimum absolute atomic E-state index is 0.107. The van der Waals surface area contributed by atoms with Gasteiger partial charge >= 0.3 is 5.97 Å². The molecule has 0 aliphatic rings. The standard InChI is InChI=1S/C22H25F2NO6/c1-4-28-18-9-15(10-19(29-5-2)21(18)30-6-3)22(27)31-13-20(26)25-12-14-7-8-16(23)11-17(14)24/h7-11H,4-6,12-13H2,1-3H3,(H,25,26). The number of halogens is 2. The molecule has 2 rings (SSSR count). The third-order valence-electron chi connectivity index (χ3n) is 3.97. The van der Waals surface area contributed by atoms with E-state index in [1.807, 2.05) is 6.92 Å². The third kappa shape index (κ3) is 6.84. The van der Waals surface area contributed by atoms with Crippen molar-refractivity contribution >= 4 is 11.9 Å². The highest BCUT2D eigenvalue weighted by Gasteiger charge is 2.20. The van der Waals surface area contributed by atoms with E-state index < -0.39 is 30.1 Å². The minimum Gasteiger partial charge on any atom is -0.490 e. The molecule has 0 radical (unpaired) electrons. The molecule has 9 heteroatoms. The molecular formula is C22H25F2NO6. The number of esters is 1. The third-order valence-corrected chi connectivity index (χ3v) is 3.97. The molecule has 2 aromatic carbocycles. The van der Waals surface area contributed by atoms with Gasteiger partial charge in [-0.2, -0.15) is 0 Å². The van der Waals surface area contributed by atoms with Crippen molar-refractivity contribution in [3.05, 3.63) is 53.1 Å². The van der Waals surface area contributed by atoms with E-state index in [1.165, 1.54) is 18.2 Å². The number of ether oxygens (including phenoxy) is 4. The summed E-state index contributed by atoms with van der Waals surface area (Å²) in [4.78, 5) is 24.4. The van der Waals surface area contributed by atoms with Gasteiger partial charge in [0.25, 0.3) is 5.91 Å². The second kappa shape index (κ2) is 11.7. The molecule has 0 aromatic heterocycles. The zero-order valence-corrected chi connectivity index (χ0v) is 17.6. The molecule has 0 spiro atoms. The monoisotopic (exact) mass is 437 g/mol. The predicted octanol–water partition coefficient (Wildman–Crippen LogP) is 3.63. The number of carbonyl (C=O) groups excluding carboxylic acids is 2. The van der Waals surface area contributed by atoms with Crippen molar-refractivity contribution < 1.29 is 37.3 Å². The summed E-state index contributed by atoms with van der Waals surface area (Å²) in [6.45, 7) is 5.68. The lowest BCUT2D eigenvalue weighted by molar-refractivity contribution is -0.124. The number of amides is 1. The van der Waals surface area contributed by atoms with Crippen LogP contribution in [0.4, 0.5) is 8.78 Å². The molecule has 0 saturated carbocycles. The maximum atomic E-state index is 13.6.